The van der Waals surface area contributed by atoms with Crippen LogP contribution in [-0.4, -0.2) is 18.4 Å². The highest BCUT2D eigenvalue weighted by atomic mass is 35.5. The standard InChI is InChI=1S/C17H12Cl3FN2O2/c18-11-2-1-3-14(16(11)20)22-17(25)9-6-15(24)23(8-9)10-4-5-13(21)12(19)7-10/h1-5,7,9H,6,8H2,(H,22,25). The Morgan fingerprint density at radius 3 is 2.64 bits per heavy atom. The molecule has 0 aliphatic carbocycles. The number of hydrogen-bond acceptors (Lipinski definition) is 2. The predicted molar refractivity (Wildman–Crippen MR) is 97.0 cm³/mol. The molecule has 25 heavy (non-hydrogen) atoms. The minimum absolute atomic E-state index is 0.0407. The van der Waals surface area contributed by atoms with Crippen LogP contribution < -0.4 is 10.2 Å². The zero-order chi connectivity index (χ0) is 18.1. The van der Waals surface area contributed by atoms with Crippen molar-refractivity contribution in [3.05, 3.63) is 57.3 Å². The van der Waals surface area contributed by atoms with Gasteiger partial charge in [0.05, 0.1) is 26.7 Å². The van der Waals surface area contributed by atoms with E-state index in [9.17, 15) is 14.0 Å². The van der Waals surface area contributed by atoms with E-state index >= 15 is 0 Å². The van der Waals surface area contributed by atoms with Crippen molar-refractivity contribution in [2.75, 3.05) is 16.8 Å². The molecule has 0 spiro atoms. The van der Waals surface area contributed by atoms with Crippen LogP contribution in [0.2, 0.25) is 15.1 Å². The molecule has 1 N–H and O–H groups in total. The van der Waals surface area contributed by atoms with Gasteiger partial charge in [0.2, 0.25) is 11.8 Å². The maximum atomic E-state index is 13.3. The monoisotopic (exact) mass is 400 g/mol. The number of hydrogen-bond donors (Lipinski definition) is 1. The van der Waals surface area contributed by atoms with Gasteiger partial charge in [0, 0.05) is 18.7 Å². The lowest BCUT2D eigenvalue weighted by Gasteiger charge is -2.17. The van der Waals surface area contributed by atoms with Crippen molar-refractivity contribution in [1.82, 2.24) is 0 Å². The number of halogens is 4. The van der Waals surface area contributed by atoms with Gasteiger partial charge in [-0.3, -0.25) is 9.59 Å². The summed E-state index contributed by atoms with van der Waals surface area (Å²) in [6.07, 6.45) is 0.0407. The molecule has 0 radical (unpaired) electrons. The molecule has 3 rings (SSSR count). The number of nitrogens with zero attached hydrogens (tertiary/aromatic N) is 1. The molecular formula is C17H12Cl3FN2O2. The second-order valence-corrected chi connectivity index (χ2v) is 6.79. The number of carbonyl (C=O) groups is 2. The first-order valence-electron chi connectivity index (χ1n) is 7.37. The number of carbonyl (C=O) groups excluding carboxylic acids is 2. The van der Waals surface area contributed by atoms with Gasteiger partial charge in [-0.05, 0) is 30.3 Å². The molecule has 1 aliphatic heterocycles. The summed E-state index contributed by atoms with van der Waals surface area (Å²) in [5.74, 6) is -1.71. The average Bonchev–Trinajstić information content (AvgIpc) is 2.96. The van der Waals surface area contributed by atoms with Crippen LogP contribution in [0.15, 0.2) is 36.4 Å². The van der Waals surface area contributed by atoms with E-state index in [4.69, 9.17) is 34.8 Å². The van der Waals surface area contributed by atoms with Crippen molar-refractivity contribution in [3.63, 3.8) is 0 Å². The summed E-state index contributed by atoms with van der Waals surface area (Å²) in [6, 6.07) is 8.90. The Bertz CT molecular complexity index is 860. The first-order valence-corrected chi connectivity index (χ1v) is 8.50. The first kappa shape index (κ1) is 18.0. The van der Waals surface area contributed by atoms with Gasteiger partial charge in [-0.2, -0.15) is 0 Å². The first-order chi connectivity index (χ1) is 11.9. The van der Waals surface area contributed by atoms with Crippen LogP contribution in [0.4, 0.5) is 15.8 Å². The highest BCUT2D eigenvalue weighted by Gasteiger charge is 2.35. The summed E-state index contributed by atoms with van der Waals surface area (Å²) in [7, 11) is 0. The molecule has 1 unspecified atom stereocenters. The van der Waals surface area contributed by atoms with E-state index in [0.717, 1.165) is 0 Å². The van der Waals surface area contributed by atoms with Crippen molar-refractivity contribution >= 4 is 58.0 Å². The predicted octanol–water partition coefficient (Wildman–Crippen LogP) is 4.78. The van der Waals surface area contributed by atoms with Gasteiger partial charge < -0.3 is 10.2 Å². The lowest BCUT2D eigenvalue weighted by atomic mass is 10.1. The normalized spacial score (nSPS) is 17.0. The molecule has 1 aliphatic rings. The summed E-state index contributed by atoms with van der Waals surface area (Å²) in [6.45, 7) is 0.171. The molecule has 0 bridgehead atoms. The van der Waals surface area contributed by atoms with Crippen LogP contribution in [0.3, 0.4) is 0 Å². The maximum absolute atomic E-state index is 13.3. The zero-order valence-corrected chi connectivity index (χ0v) is 15.0. The van der Waals surface area contributed by atoms with Crippen LogP contribution in [0.1, 0.15) is 6.42 Å². The molecule has 130 valence electrons. The van der Waals surface area contributed by atoms with Crippen LogP contribution >= 0.6 is 34.8 Å². The Morgan fingerprint density at radius 2 is 1.92 bits per heavy atom. The van der Waals surface area contributed by atoms with Gasteiger partial charge >= 0.3 is 0 Å². The Morgan fingerprint density at radius 1 is 1.16 bits per heavy atom. The summed E-state index contributed by atoms with van der Waals surface area (Å²) in [5, 5.41) is 3.17. The summed E-state index contributed by atoms with van der Waals surface area (Å²) < 4.78 is 13.3. The summed E-state index contributed by atoms with van der Waals surface area (Å²) in [4.78, 5) is 26.1. The average molecular weight is 402 g/mol. The van der Waals surface area contributed by atoms with E-state index in [1.54, 1.807) is 18.2 Å². The van der Waals surface area contributed by atoms with Crippen molar-refractivity contribution in [2.45, 2.75) is 6.42 Å². The maximum Gasteiger partial charge on any atom is 0.229 e. The molecular weight excluding hydrogens is 390 g/mol. The summed E-state index contributed by atoms with van der Waals surface area (Å²) in [5.41, 5.74) is 0.836. The molecule has 0 saturated carbocycles. The molecule has 1 fully saturated rings. The van der Waals surface area contributed by atoms with E-state index in [-0.39, 0.29) is 34.8 Å². The van der Waals surface area contributed by atoms with Gasteiger partial charge in [0.15, 0.2) is 0 Å². The minimum Gasteiger partial charge on any atom is -0.324 e. The fourth-order valence-electron chi connectivity index (χ4n) is 2.62. The fourth-order valence-corrected chi connectivity index (χ4v) is 3.14. The van der Waals surface area contributed by atoms with Crippen LogP contribution in [-0.2, 0) is 9.59 Å². The van der Waals surface area contributed by atoms with Crippen molar-refractivity contribution in [2.24, 2.45) is 5.92 Å². The lowest BCUT2D eigenvalue weighted by molar-refractivity contribution is -0.122. The van der Waals surface area contributed by atoms with E-state index in [1.165, 1.54) is 23.1 Å². The van der Waals surface area contributed by atoms with E-state index in [2.05, 4.69) is 5.32 Å². The largest absolute Gasteiger partial charge is 0.324 e. The highest BCUT2D eigenvalue weighted by molar-refractivity contribution is 6.44. The van der Waals surface area contributed by atoms with Gasteiger partial charge in [0.1, 0.15) is 5.82 Å². The summed E-state index contributed by atoms with van der Waals surface area (Å²) >= 11 is 17.7. The second-order valence-electron chi connectivity index (χ2n) is 5.59. The third kappa shape index (κ3) is 3.73. The van der Waals surface area contributed by atoms with Crippen molar-refractivity contribution < 1.29 is 14.0 Å². The van der Waals surface area contributed by atoms with Gasteiger partial charge in [-0.1, -0.05) is 40.9 Å². The van der Waals surface area contributed by atoms with E-state index in [1.807, 2.05) is 0 Å². The minimum atomic E-state index is -0.568. The molecule has 4 nitrogen and oxygen atoms in total. The Kier molecular flexibility index (Phi) is 5.18. The van der Waals surface area contributed by atoms with Crippen LogP contribution in [0.5, 0.6) is 0 Å². The molecule has 1 saturated heterocycles. The van der Waals surface area contributed by atoms with Crippen LogP contribution in [0, 0.1) is 11.7 Å². The highest BCUT2D eigenvalue weighted by Crippen LogP contribution is 2.32. The molecule has 0 aromatic heterocycles. The third-order valence-corrected chi connectivity index (χ3v) is 5.03. The van der Waals surface area contributed by atoms with Crippen LogP contribution in [0.25, 0.3) is 0 Å². The smallest absolute Gasteiger partial charge is 0.229 e. The van der Waals surface area contributed by atoms with Gasteiger partial charge in [0.25, 0.3) is 0 Å². The van der Waals surface area contributed by atoms with Crippen molar-refractivity contribution in [3.8, 4) is 0 Å². The molecule has 1 heterocycles. The Labute approximate surface area is 158 Å². The number of nitrogens with one attached hydrogen (secondary N) is 1. The Balaban J connectivity index is 1.74. The topological polar surface area (TPSA) is 49.4 Å². The molecule has 2 amide bonds. The lowest BCUT2D eigenvalue weighted by Crippen LogP contribution is -2.28. The molecule has 2 aromatic carbocycles. The quantitative estimate of drug-likeness (QED) is 0.805. The van der Waals surface area contributed by atoms with E-state index < -0.39 is 11.7 Å². The number of amides is 2. The second kappa shape index (κ2) is 7.20. The zero-order valence-electron chi connectivity index (χ0n) is 12.7. The van der Waals surface area contributed by atoms with Gasteiger partial charge in [-0.25, -0.2) is 4.39 Å². The SMILES string of the molecule is O=C(Nc1cccc(Cl)c1Cl)C1CC(=O)N(c2ccc(F)c(Cl)c2)C1. The molecule has 1 atom stereocenters. The Hall–Kier alpha value is -1.82. The molecule has 8 heteroatoms. The van der Waals surface area contributed by atoms with Crippen molar-refractivity contribution in [1.29, 1.82) is 0 Å². The third-order valence-electron chi connectivity index (χ3n) is 3.92. The number of anilines is 2. The number of rotatable bonds is 3. The molecule has 2 aromatic rings. The number of benzene rings is 2. The van der Waals surface area contributed by atoms with Gasteiger partial charge in [-0.15, -0.1) is 0 Å². The fraction of sp³-hybridized carbons (Fsp3) is 0.176. The van der Waals surface area contributed by atoms with E-state index in [0.29, 0.717) is 16.4 Å².